The molecule has 0 amide bonds. The average molecular weight is 374 g/mol. The number of halogens is 13. The van der Waals surface area contributed by atoms with E-state index in [1.807, 2.05) is 0 Å². The van der Waals surface area contributed by atoms with Crippen molar-refractivity contribution in [1.29, 1.82) is 0 Å². The third-order valence-electron chi connectivity index (χ3n) is 2.78. The Bertz CT molecular complexity index is 437. The minimum Gasteiger partial charge on any atom is -0.247 e. The van der Waals surface area contributed by atoms with Gasteiger partial charge in [-0.3, -0.25) is 0 Å². The Balaban J connectivity index is 7.02. The van der Waals surface area contributed by atoms with Crippen LogP contribution in [0.15, 0.2) is 11.1 Å². The summed E-state index contributed by atoms with van der Waals surface area (Å²) in [6, 6.07) is 0. The van der Waals surface area contributed by atoms with Crippen LogP contribution in [0.25, 0.3) is 0 Å². The first-order chi connectivity index (χ1) is 9.91. The van der Waals surface area contributed by atoms with Crippen molar-refractivity contribution in [3.8, 4) is 0 Å². The topological polar surface area (TPSA) is 0 Å². The molecule has 0 aromatic carbocycles. The Morgan fingerprint density at radius 3 is 1.17 bits per heavy atom. The summed E-state index contributed by atoms with van der Waals surface area (Å²) in [7, 11) is 0. The lowest BCUT2D eigenvalue weighted by Crippen LogP contribution is -2.62. The third kappa shape index (κ3) is 3.37. The second-order valence-electron chi connectivity index (χ2n) is 4.38. The van der Waals surface area contributed by atoms with Gasteiger partial charge in [0.15, 0.2) is 0 Å². The summed E-state index contributed by atoms with van der Waals surface area (Å²) in [5.74, 6) is 0. The van der Waals surface area contributed by atoms with Crippen molar-refractivity contribution < 1.29 is 57.1 Å². The van der Waals surface area contributed by atoms with Gasteiger partial charge in [0.05, 0.1) is 0 Å². The van der Waals surface area contributed by atoms with Crippen molar-refractivity contribution in [2.45, 2.75) is 36.8 Å². The van der Waals surface area contributed by atoms with Crippen LogP contribution in [-0.2, 0) is 0 Å². The van der Waals surface area contributed by atoms with Crippen molar-refractivity contribution >= 4 is 0 Å². The quantitative estimate of drug-likeness (QED) is 0.460. The lowest BCUT2D eigenvalue weighted by atomic mass is 9.79. The fourth-order valence-corrected chi connectivity index (χ4v) is 1.70. The second-order valence-corrected chi connectivity index (χ2v) is 4.38. The molecule has 0 nitrogen and oxygen atoms in total. The summed E-state index contributed by atoms with van der Waals surface area (Å²) in [6.45, 7) is -6.16. The van der Waals surface area contributed by atoms with Gasteiger partial charge in [-0.25, -0.2) is 17.6 Å². The van der Waals surface area contributed by atoms with Crippen LogP contribution in [0.4, 0.5) is 57.1 Å². The van der Waals surface area contributed by atoms with E-state index in [0.29, 0.717) is 0 Å². The molecule has 0 spiro atoms. The first-order valence-electron chi connectivity index (χ1n) is 5.32. The zero-order valence-electron chi connectivity index (χ0n) is 10.8. The van der Waals surface area contributed by atoms with Gasteiger partial charge < -0.3 is 0 Å². The largest absolute Gasteiger partial charge is 0.435 e. The molecule has 13 heteroatoms. The van der Waals surface area contributed by atoms with E-state index >= 15 is 0 Å². The molecule has 0 radical (unpaired) electrons. The second kappa shape index (κ2) is 6.04. The molecular weight excluding hydrogens is 367 g/mol. The van der Waals surface area contributed by atoms with Crippen molar-refractivity contribution in [1.82, 2.24) is 0 Å². The molecule has 0 N–H and O–H groups in total. The maximum absolute atomic E-state index is 13.7. The summed E-state index contributed by atoms with van der Waals surface area (Å²) >= 11 is 0. The highest BCUT2D eigenvalue weighted by Gasteiger charge is 2.80. The van der Waals surface area contributed by atoms with E-state index in [1.54, 1.807) is 0 Å². The van der Waals surface area contributed by atoms with Crippen LogP contribution in [0, 0.1) is 0 Å². The van der Waals surface area contributed by atoms with Crippen molar-refractivity contribution in [2.24, 2.45) is 0 Å². The Morgan fingerprint density at radius 1 is 0.652 bits per heavy atom. The summed E-state index contributed by atoms with van der Waals surface area (Å²) in [6.07, 6.45) is -21.0. The summed E-state index contributed by atoms with van der Waals surface area (Å²) in [4.78, 5) is 0. The minimum absolute atomic E-state index is 0.142. The summed E-state index contributed by atoms with van der Waals surface area (Å²) in [5.41, 5.74) is -18.9. The van der Waals surface area contributed by atoms with E-state index in [9.17, 15) is 57.1 Å². The zero-order valence-corrected chi connectivity index (χ0v) is 10.8. The lowest BCUT2D eigenvalue weighted by Gasteiger charge is -2.39. The number of rotatable bonds is 4. The van der Waals surface area contributed by atoms with E-state index in [4.69, 9.17) is 0 Å². The monoisotopic (exact) mass is 374 g/mol. The first-order valence-corrected chi connectivity index (χ1v) is 5.32. The molecule has 0 aliphatic heterocycles. The van der Waals surface area contributed by atoms with Gasteiger partial charge in [0, 0.05) is 5.57 Å². The molecule has 0 rings (SSSR count). The molecule has 23 heavy (non-hydrogen) atoms. The fourth-order valence-electron chi connectivity index (χ4n) is 1.70. The van der Waals surface area contributed by atoms with E-state index in [-0.39, 0.29) is 6.92 Å². The van der Waals surface area contributed by atoms with Crippen LogP contribution in [0.3, 0.4) is 0 Å². The molecule has 1 atom stereocenters. The molecule has 0 bridgehead atoms. The van der Waals surface area contributed by atoms with Gasteiger partial charge in [-0.2, -0.15) is 39.5 Å². The molecular formula is C10H7F13. The number of hydrogen-bond acceptors (Lipinski definition) is 0. The lowest BCUT2D eigenvalue weighted by molar-refractivity contribution is -0.338. The first kappa shape index (κ1) is 21.8. The summed E-state index contributed by atoms with van der Waals surface area (Å²) in [5, 5.41) is 0. The van der Waals surface area contributed by atoms with Crippen molar-refractivity contribution in [3.05, 3.63) is 11.1 Å². The van der Waals surface area contributed by atoms with Crippen LogP contribution < -0.4 is 0 Å². The van der Waals surface area contributed by atoms with E-state index in [2.05, 4.69) is 0 Å². The molecule has 0 saturated heterocycles. The highest BCUT2D eigenvalue weighted by molar-refractivity contribution is 5.38. The normalized spacial score (nSPS) is 18.5. The molecule has 0 aromatic heterocycles. The SMILES string of the molecule is C/C(CF)=C(/C(F)(CF)C(F)(F)F)C(F)(C(F)(F)F)C(F)(F)F. The van der Waals surface area contributed by atoms with Gasteiger partial charge in [-0.15, -0.1) is 0 Å². The molecule has 0 heterocycles. The number of alkyl halides is 13. The maximum atomic E-state index is 13.7. The van der Waals surface area contributed by atoms with Gasteiger partial charge in [-0.05, 0) is 12.5 Å². The molecule has 0 saturated carbocycles. The van der Waals surface area contributed by atoms with Gasteiger partial charge in [0.25, 0.3) is 5.67 Å². The highest BCUT2D eigenvalue weighted by Crippen LogP contribution is 2.57. The van der Waals surface area contributed by atoms with Gasteiger partial charge in [-0.1, -0.05) is 0 Å². The van der Waals surface area contributed by atoms with Gasteiger partial charge in [0.1, 0.15) is 13.3 Å². The molecule has 1 unspecified atom stereocenters. The third-order valence-corrected chi connectivity index (χ3v) is 2.78. The Kier molecular flexibility index (Phi) is 5.73. The molecule has 0 fully saturated rings. The Hall–Kier alpha value is -1.17. The molecule has 0 aliphatic rings. The number of allylic oxidation sites excluding steroid dienone is 2. The maximum Gasteiger partial charge on any atom is 0.435 e. The van der Waals surface area contributed by atoms with Crippen molar-refractivity contribution in [3.63, 3.8) is 0 Å². The molecule has 0 aliphatic carbocycles. The predicted octanol–water partition coefficient (Wildman–Crippen LogP) is 5.35. The summed E-state index contributed by atoms with van der Waals surface area (Å²) < 4.78 is 165. The Morgan fingerprint density at radius 2 is 1.00 bits per heavy atom. The average Bonchev–Trinajstić information content (AvgIpc) is 2.33. The van der Waals surface area contributed by atoms with E-state index in [0.717, 1.165) is 0 Å². The smallest absolute Gasteiger partial charge is 0.247 e. The van der Waals surface area contributed by atoms with Gasteiger partial charge >= 0.3 is 24.2 Å². The molecule has 138 valence electrons. The van der Waals surface area contributed by atoms with Gasteiger partial charge in [0.2, 0.25) is 0 Å². The Labute approximate surface area is 119 Å². The van der Waals surface area contributed by atoms with E-state index in [1.165, 1.54) is 0 Å². The van der Waals surface area contributed by atoms with Crippen LogP contribution >= 0.6 is 0 Å². The minimum atomic E-state index is -7.16. The van der Waals surface area contributed by atoms with Crippen LogP contribution in [0.2, 0.25) is 0 Å². The van der Waals surface area contributed by atoms with Crippen LogP contribution in [-0.4, -0.2) is 43.2 Å². The zero-order chi connectivity index (χ0) is 19.1. The van der Waals surface area contributed by atoms with Crippen LogP contribution in [0.1, 0.15) is 6.92 Å². The molecule has 0 aromatic rings. The van der Waals surface area contributed by atoms with Crippen LogP contribution in [0.5, 0.6) is 0 Å². The van der Waals surface area contributed by atoms with E-state index < -0.39 is 54.4 Å². The number of hydrogen-bond donors (Lipinski definition) is 0. The standard InChI is InChI=1S/C10H7F13/c1-4(2-11)5(6(13,3-12)8(15,16)17)7(14,9(18,19)20)10(21,22)23/h2-3H2,1H3/b5-4+. The fraction of sp³-hybridized carbons (Fsp3) is 0.800. The predicted molar refractivity (Wildman–Crippen MR) is 50.5 cm³/mol. The van der Waals surface area contributed by atoms with Crippen molar-refractivity contribution in [2.75, 3.05) is 13.3 Å². The highest BCUT2D eigenvalue weighted by atomic mass is 19.4.